The summed E-state index contributed by atoms with van der Waals surface area (Å²) in [6, 6.07) is 13.0. The second-order valence-corrected chi connectivity index (χ2v) is 6.07. The third-order valence-electron chi connectivity index (χ3n) is 4.17. The Hall–Kier alpha value is -3.48. The van der Waals surface area contributed by atoms with E-state index in [1.807, 2.05) is 13.0 Å². The van der Waals surface area contributed by atoms with Crippen molar-refractivity contribution < 1.29 is 9.59 Å². The molecule has 2 N–H and O–H groups in total. The van der Waals surface area contributed by atoms with Crippen molar-refractivity contribution in [3.8, 4) is 5.69 Å². The topological polar surface area (TPSA) is 93.1 Å². The van der Waals surface area contributed by atoms with Crippen molar-refractivity contribution in [1.29, 1.82) is 0 Å². The number of rotatable bonds is 5. The smallest absolute Gasteiger partial charge is 0.265 e. The lowest BCUT2D eigenvalue weighted by atomic mass is 10.1. The molecule has 1 aromatic heterocycles. The van der Waals surface area contributed by atoms with Crippen LogP contribution in [-0.2, 0) is 4.79 Å². The van der Waals surface area contributed by atoms with Gasteiger partial charge >= 0.3 is 0 Å². The van der Waals surface area contributed by atoms with Crippen molar-refractivity contribution in [3.05, 3.63) is 70.8 Å². The van der Waals surface area contributed by atoms with Crippen LogP contribution in [0.1, 0.15) is 24.2 Å². The normalized spacial score (nSPS) is 11.8. The molecular formula is C20H20N4O3. The fraction of sp³-hybridized carbons (Fsp3) is 0.200. The van der Waals surface area contributed by atoms with Crippen molar-refractivity contribution in [3.63, 3.8) is 0 Å². The highest BCUT2D eigenvalue weighted by molar-refractivity contribution is 5.97. The van der Waals surface area contributed by atoms with Gasteiger partial charge in [-0.15, -0.1) is 0 Å². The van der Waals surface area contributed by atoms with Gasteiger partial charge in [0, 0.05) is 12.1 Å². The summed E-state index contributed by atoms with van der Waals surface area (Å²) in [4.78, 5) is 40.9. The lowest BCUT2D eigenvalue weighted by molar-refractivity contribution is -0.122. The van der Waals surface area contributed by atoms with Gasteiger partial charge in [0.1, 0.15) is 12.4 Å². The van der Waals surface area contributed by atoms with E-state index in [0.717, 1.165) is 0 Å². The number of fused-ring (bicyclic) bond motifs is 1. The molecule has 0 saturated heterocycles. The van der Waals surface area contributed by atoms with Gasteiger partial charge in [0.15, 0.2) is 0 Å². The van der Waals surface area contributed by atoms with Gasteiger partial charge in [0.2, 0.25) is 5.91 Å². The molecule has 0 aliphatic carbocycles. The van der Waals surface area contributed by atoms with Crippen LogP contribution in [0, 0.1) is 0 Å². The molecule has 27 heavy (non-hydrogen) atoms. The molecule has 3 aromatic rings. The number of carbonyl (C=O) groups excluding carboxylic acids is 2. The number of hydrogen-bond donors (Lipinski definition) is 2. The molecule has 7 nitrogen and oxygen atoms in total. The van der Waals surface area contributed by atoms with E-state index >= 15 is 0 Å². The Bertz CT molecular complexity index is 1040. The highest BCUT2D eigenvalue weighted by Crippen LogP contribution is 2.11. The highest BCUT2D eigenvalue weighted by Gasteiger charge is 2.16. The van der Waals surface area contributed by atoms with Gasteiger partial charge < -0.3 is 10.6 Å². The number of para-hydroxylation sites is 1. The SMILES string of the molecule is CCNC(=O)[C@H](C)NC(=O)c1ccc(-n2cnc3ccccc3c2=O)cc1. The largest absolute Gasteiger partial charge is 0.355 e. The molecule has 0 bridgehead atoms. The van der Waals surface area contributed by atoms with Gasteiger partial charge in [-0.1, -0.05) is 12.1 Å². The summed E-state index contributed by atoms with van der Waals surface area (Å²) in [6.45, 7) is 3.94. The molecule has 0 fully saturated rings. The maximum Gasteiger partial charge on any atom is 0.265 e. The average molecular weight is 364 g/mol. The lowest BCUT2D eigenvalue weighted by Gasteiger charge is -2.13. The second kappa shape index (κ2) is 7.82. The molecule has 7 heteroatoms. The van der Waals surface area contributed by atoms with Gasteiger partial charge in [-0.25, -0.2) is 4.98 Å². The third kappa shape index (κ3) is 3.87. The van der Waals surface area contributed by atoms with Crippen LogP contribution in [-0.4, -0.2) is 34.0 Å². The van der Waals surface area contributed by atoms with Crippen molar-refractivity contribution in [2.45, 2.75) is 19.9 Å². The first-order valence-corrected chi connectivity index (χ1v) is 8.66. The summed E-state index contributed by atoms with van der Waals surface area (Å²) >= 11 is 0. The predicted octanol–water partition coefficient (Wildman–Crippen LogP) is 1.64. The first-order chi connectivity index (χ1) is 13.0. The Morgan fingerprint density at radius 2 is 1.81 bits per heavy atom. The predicted molar refractivity (Wildman–Crippen MR) is 103 cm³/mol. The molecular weight excluding hydrogens is 344 g/mol. The second-order valence-electron chi connectivity index (χ2n) is 6.07. The quantitative estimate of drug-likeness (QED) is 0.720. The number of aromatic nitrogens is 2. The van der Waals surface area contributed by atoms with Crippen molar-refractivity contribution in [2.24, 2.45) is 0 Å². The number of hydrogen-bond acceptors (Lipinski definition) is 4. The zero-order valence-electron chi connectivity index (χ0n) is 15.1. The Labute approximate surface area is 156 Å². The summed E-state index contributed by atoms with van der Waals surface area (Å²) in [5, 5.41) is 5.82. The molecule has 0 aliphatic heterocycles. The molecule has 138 valence electrons. The molecule has 0 radical (unpaired) electrons. The fourth-order valence-electron chi connectivity index (χ4n) is 2.70. The Morgan fingerprint density at radius 1 is 1.11 bits per heavy atom. The number of nitrogens with zero attached hydrogens (tertiary/aromatic N) is 2. The van der Waals surface area contributed by atoms with Gasteiger partial charge in [-0.05, 0) is 50.2 Å². The van der Waals surface area contributed by atoms with Crippen LogP contribution in [0.25, 0.3) is 16.6 Å². The molecule has 2 aromatic carbocycles. The molecule has 1 heterocycles. The first kappa shape index (κ1) is 18.3. The monoisotopic (exact) mass is 364 g/mol. The maximum absolute atomic E-state index is 12.6. The van der Waals surface area contributed by atoms with E-state index in [4.69, 9.17) is 0 Å². The minimum absolute atomic E-state index is 0.178. The zero-order chi connectivity index (χ0) is 19.4. The Morgan fingerprint density at radius 3 is 2.52 bits per heavy atom. The van der Waals surface area contributed by atoms with Gasteiger partial charge in [0.05, 0.1) is 16.6 Å². The fourth-order valence-corrected chi connectivity index (χ4v) is 2.70. The van der Waals surface area contributed by atoms with E-state index in [1.54, 1.807) is 49.4 Å². The van der Waals surface area contributed by atoms with Crippen LogP contribution in [0.15, 0.2) is 59.7 Å². The molecule has 0 spiro atoms. The van der Waals surface area contributed by atoms with Crippen LogP contribution in [0.3, 0.4) is 0 Å². The number of benzene rings is 2. The van der Waals surface area contributed by atoms with E-state index < -0.39 is 6.04 Å². The molecule has 2 amide bonds. The molecule has 1 atom stereocenters. The van der Waals surface area contributed by atoms with E-state index in [2.05, 4.69) is 15.6 Å². The van der Waals surface area contributed by atoms with Crippen molar-refractivity contribution in [1.82, 2.24) is 20.2 Å². The number of carbonyl (C=O) groups is 2. The summed E-state index contributed by atoms with van der Waals surface area (Å²) in [6.07, 6.45) is 1.47. The van der Waals surface area contributed by atoms with E-state index in [9.17, 15) is 14.4 Å². The summed E-state index contributed by atoms with van der Waals surface area (Å²) in [5.74, 6) is -0.597. The number of likely N-dealkylation sites (N-methyl/N-ethyl adjacent to an activating group) is 1. The van der Waals surface area contributed by atoms with Gasteiger partial charge in [0.25, 0.3) is 11.5 Å². The summed E-state index contributed by atoms with van der Waals surface area (Å²) in [5.41, 5.74) is 1.46. The summed E-state index contributed by atoms with van der Waals surface area (Å²) in [7, 11) is 0. The Kier molecular flexibility index (Phi) is 5.30. The van der Waals surface area contributed by atoms with Crippen LogP contribution in [0.4, 0.5) is 0 Å². The number of nitrogens with one attached hydrogen (secondary N) is 2. The lowest BCUT2D eigenvalue weighted by Crippen LogP contribution is -2.44. The molecule has 0 unspecified atom stereocenters. The molecule has 0 aliphatic rings. The molecule has 0 saturated carbocycles. The highest BCUT2D eigenvalue weighted by atomic mass is 16.2. The first-order valence-electron chi connectivity index (χ1n) is 8.66. The van der Waals surface area contributed by atoms with Crippen molar-refractivity contribution in [2.75, 3.05) is 6.54 Å². The van der Waals surface area contributed by atoms with E-state index in [1.165, 1.54) is 10.9 Å². The van der Waals surface area contributed by atoms with Crippen LogP contribution >= 0.6 is 0 Å². The van der Waals surface area contributed by atoms with Gasteiger partial charge in [-0.2, -0.15) is 0 Å². The van der Waals surface area contributed by atoms with Gasteiger partial charge in [-0.3, -0.25) is 19.0 Å². The number of amides is 2. The third-order valence-corrected chi connectivity index (χ3v) is 4.17. The average Bonchev–Trinajstić information content (AvgIpc) is 2.69. The Balaban J connectivity index is 1.81. The minimum Gasteiger partial charge on any atom is -0.355 e. The zero-order valence-corrected chi connectivity index (χ0v) is 15.1. The van der Waals surface area contributed by atoms with Crippen molar-refractivity contribution >= 4 is 22.7 Å². The van der Waals surface area contributed by atoms with E-state index in [-0.39, 0.29) is 17.4 Å². The van der Waals surface area contributed by atoms with E-state index in [0.29, 0.717) is 28.7 Å². The maximum atomic E-state index is 12.6. The van der Waals surface area contributed by atoms with Crippen LogP contribution < -0.4 is 16.2 Å². The van der Waals surface area contributed by atoms with Crippen LogP contribution in [0.2, 0.25) is 0 Å². The molecule has 3 rings (SSSR count). The standard InChI is InChI=1S/C20H20N4O3/c1-3-21-18(25)13(2)23-19(26)14-8-10-15(11-9-14)24-12-22-17-7-5-4-6-16(17)20(24)27/h4-13H,3H2,1-2H3,(H,21,25)(H,23,26)/t13-/m0/s1. The summed E-state index contributed by atoms with van der Waals surface area (Å²) < 4.78 is 1.43. The minimum atomic E-state index is -0.635. The van der Waals surface area contributed by atoms with Crippen LogP contribution in [0.5, 0.6) is 0 Å².